The van der Waals surface area contributed by atoms with E-state index in [1.807, 2.05) is 0 Å². The number of piperazine rings is 1. The van der Waals surface area contributed by atoms with Gasteiger partial charge < -0.3 is 15.5 Å². The van der Waals surface area contributed by atoms with Crippen LogP contribution in [0.1, 0.15) is 38.5 Å². The van der Waals surface area contributed by atoms with E-state index in [1.165, 1.54) is 71.2 Å². The monoisotopic (exact) mass is 239 g/mol. The summed E-state index contributed by atoms with van der Waals surface area (Å²) < 4.78 is 0. The van der Waals surface area contributed by atoms with Crippen LogP contribution in [-0.4, -0.2) is 56.1 Å². The zero-order valence-corrected chi connectivity index (χ0v) is 11.5. The van der Waals surface area contributed by atoms with Crippen LogP contribution >= 0.6 is 0 Å². The molecule has 2 fully saturated rings. The second-order valence-corrected chi connectivity index (χ2v) is 6.16. The van der Waals surface area contributed by atoms with Crippen molar-refractivity contribution in [1.82, 2.24) is 9.80 Å². The molecule has 2 aliphatic rings. The molecule has 1 aliphatic heterocycles. The van der Waals surface area contributed by atoms with Crippen molar-refractivity contribution in [2.75, 3.05) is 46.3 Å². The largest absolute Gasteiger partial charge is 0.330 e. The van der Waals surface area contributed by atoms with E-state index in [2.05, 4.69) is 16.8 Å². The number of rotatable bonds is 4. The van der Waals surface area contributed by atoms with Gasteiger partial charge in [-0.3, -0.25) is 0 Å². The van der Waals surface area contributed by atoms with Crippen LogP contribution in [0.2, 0.25) is 0 Å². The van der Waals surface area contributed by atoms with Crippen LogP contribution in [0, 0.1) is 5.41 Å². The molecular formula is C14H29N3. The maximum atomic E-state index is 6.05. The summed E-state index contributed by atoms with van der Waals surface area (Å²) in [6.07, 6.45) is 8.30. The van der Waals surface area contributed by atoms with Crippen molar-refractivity contribution in [3.8, 4) is 0 Å². The molecule has 1 saturated carbocycles. The van der Waals surface area contributed by atoms with Crippen molar-refractivity contribution >= 4 is 0 Å². The van der Waals surface area contributed by atoms with Crippen molar-refractivity contribution < 1.29 is 0 Å². The van der Waals surface area contributed by atoms with Crippen LogP contribution in [0.3, 0.4) is 0 Å². The van der Waals surface area contributed by atoms with Gasteiger partial charge in [-0.2, -0.15) is 0 Å². The third kappa shape index (κ3) is 3.67. The van der Waals surface area contributed by atoms with Crippen molar-refractivity contribution in [3.63, 3.8) is 0 Å². The average Bonchev–Trinajstić information content (AvgIpc) is 2.39. The minimum Gasteiger partial charge on any atom is -0.330 e. The smallest absolute Gasteiger partial charge is 0.0110 e. The summed E-state index contributed by atoms with van der Waals surface area (Å²) in [5.41, 5.74) is 6.54. The van der Waals surface area contributed by atoms with Crippen LogP contribution in [0.5, 0.6) is 0 Å². The molecule has 1 heterocycles. The first kappa shape index (κ1) is 13.3. The molecule has 0 bridgehead atoms. The molecule has 0 atom stereocenters. The van der Waals surface area contributed by atoms with Gasteiger partial charge in [-0.1, -0.05) is 19.3 Å². The minimum atomic E-state index is 0.488. The van der Waals surface area contributed by atoms with Crippen molar-refractivity contribution in [1.29, 1.82) is 0 Å². The molecule has 0 spiro atoms. The molecule has 0 radical (unpaired) electrons. The normalized spacial score (nSPS) is 27.2. The SMILES string of the molecule is CN1CCN(CCC2(CN)CCCCC2)CC1. The van der Waals surface area contributed by atoms with E-state index in [1.54, 1.807) is 0 Å². The third-order valence-corrected chi connectivity index (χ3v) is 4.90. The zero-order chi connectivity index (χ0) is 12.1. The predicted octanol–water partition coefficient (Wildman–Crippen LogP) is 1.53. The molecule has 100 valence electrons. The molecule has 0 aromatic heterocycles. The summed E-state index contributed by atoms with van der Waals surface area (Å²) in [6, 6.07) is 0. The first-order valence-electron chi connectivity index (χ1n) is 7.35. The summed E-state index contributed by atoms with van der Waals surface area (Å²) in [7, 11) is 2.22. The number of hydrogen-bond donors (Lipinski definition) is 1. The number of hydrogen-bond acceptors (Lipinski definition) is 3. The third-order valence-electron chi connectivity index (χ3n) is 4.90. The lowest BCUT2D eigenvalue weighted by atomic mass is 9.72. The highest BCUT2D eigenvalue weighted by Gasteiger charge is 2.30. The van der Waals surface area contributed by atoms with E-state index in [-0.39, 0.29) is 0 Å². The van der Waals surface area contributed by atoms with Gasteiger partial charge in [0.1, 0.15) is 0 Å². The van der Waals surface area contributed by atoms with E-state index >= 15 is 0 Å². The van der Waals surface area contributed by atoms with Crippen molar-refractivity contribution in [2.24, 2.45) is 11.1 Å². The Labute approximate surface area is 106 Å². The quantitative estimate of drug-likeness (QED) is 0.807. The first-order chi connectivity index (χ1) is 8.24. The zero-order valence-electron chi connectivity index (χ0n) is 11.5. The van der Waals surface area contributed by atoms with Crippen LogP contribution in [-0.2, 0) is 0 Å². The molecule has 1 saturated heterocycles. The molecule has 3 heteroatoms. The molecule has 1 aliphatic carbocycles. The Kier molecular flexibility index (Phi) is 4.83. The molecular weight excluding hydrogens is 210 g/mol. The average molecular weight is 239 g/mol. The Bertz CT molecular complexity index is 216. The molecule has 0 unspecified atom stereocenters. The van der Waals surface area contributed by atoms with E-state index in [0.717, 1.165) is 6.54 Å². The van der Waals surface area contributed by atoms with Gasteiger partial charge >= 0.3 is 0 Å². The molecule has 0 amide bonds. The highest BCUT2D eigenvalue weighted by molar-refractivity contribution is 4.85. The van der Waals surface area contributed by atoms with Gasteiger partial charge in [-0.25, -0.2) is 0 Å². The van der Waals surface area contributed by atoms with Crippen LogP contribution in [0.25, 0.3) is 0 Å². The summed E-state index contributed by atoms with van der Waals surface area (Å²) in [6.45, 7) is 7.13. The molecule has 0 aromatic rings. The van der Waals surface area contributed by atoms with E-state index in [4.69, 9.17) is 5.73 Å². The lowest BCUT2D eigenvalue weighted by Crippen LogP contribution is -2.46. The van der Waals surface area contributed by atoms with Crippen LogP contribution in [0.4, 0.5) is 0 Å². The second kappa shape index (κ2) is 6.17. The van der Waals surface area contributed by atoms with Gasteiger partial charge in [0.25, 0.3) is 0 Å². The lowest BCUT2D eigenvalue weighted by Gasteiger charge is -2.39. The van der Waals surface area contributed by atoms with Crippen LogP contribution < -0.4 is 5.73 Å². The highest BCUT2D eigenvalue weighted by Crippen LogP contribution is 2.38. The predicted molar refractivity (Wildman–Crippen MR) is 73.1 cm³/mol. The van der Waals surface area contributed by atoms with Gasteiger partial charge in [-0.15, -0.1) is 0 Å². The van der Waals surface area contributed by atoms with E-state index < -0.39 is 0 Å². The van der Waals surface area contributed by atoms with Crippen molar-refractivity contribution in [2.45, 2.75) is 38.5 Å². The van der Waals surface area contributed by atoms with Gasteiger partial charge in [0.2, 0.25) is 0 Å². The summed E-state index contributed by atoms with van der Waals surface area (Å²) in [4.78, 5) is 5.06. The van der Waals surface area contributed by atoms with Gasteiger partial charge in [0.05, 0.1) is 0 Å². The Morgan fingerprint density at radius 3 is 2.24 bits per heavy atom. The second-order valence-electron chi connectivity index (χ2n) is 6.16. The van der Waals surface area contributed by atoms with Crippen molar-refractivity contribution in [3.05, 3.63) is 0 Å². The fourth-order valence-electron chi connectivity index (χ4n) is 3.32. The molecule has 17 heavy (non-hydrogen) atoms. The summed E-state index contributed by atoms with van der Waals surface area (Å²) in [5, 5.41) is 0. The summed E-state index contributed by atoms with van der Waals surface area (Å²) >= 11 is 0. The topological polar surface area (TPSA) is 32.5 Å². The number of likely N-dealkylation sites (N-methyl/N-ethyl adjacent to an activating group) is 1. The van der Waals surface area contributed by atoms with E-state index in [0.29, 0.717) is 5.41 Å². The summed E-state index contributed by atoms with van der Waals surface area (Å²) in [5.74, 6) is 0. The Hall–Kier alpha value is -0.120. The van der Waals surface area contributed by atoms with Crippen LogP contribution in [0.15, 0.2) is 0 Å². The Morgan fingerprint density at radius 2 is 1.65 bits per heavy atom. The Morgan fingerprint density at radius 1 is 1.00 bits per heavy atom. The maximum absolute atomic E-state index is 6.05. The molecule has 2 N–H and O–H groups in total. The molecule has 2 rings (SSSR count). The minimum absolute atomic E-state index is 0.488. The lowest BCUT2D eigenvalue weighted by molar-refractivity contribution is 0.111. The van der Waals surface area contributed by atoms with E-state index in [9.17, 15) is 0 Å². The highest BCUT2D eigenvalue weighted by atomic mass is 15.2. The Balaban J connectivity index is 1.75. The standard InChI is InChI=1S/C14H29N3/c1-16-9-11-17(12-10-16)8-7-14(13-15)5-3-2-4-6-14/h2-13,15H2,1H3. The van der Waals surface area contributed by atoms with Gasteiger partial charge in [-0.05, 0) is 44.8 Å². The molecule has 0 aromatic carbocycles. The number of nitrogens with zero attached hydrogens (tertiary/aromatic N) is 2. The fraction of sp³-hybridized carbons (Fsp3) is 1.00. The maximum Gasteiger partial charge on any atom is 0.0110 e. The fourth-order valence-corrected chi connectivity index (χ4v) is 3.32. The number of nitrogens with two attached hydrogens (primary N) is 1. The first-order valence-corrected chi connectivity index (χ1v) is 7.35. The van der Waals surface area contributed by atoms with Gasteiger partial charge in [0, 0.05) is 26.2 Å². The van der Waals surface area contributed by atoms with Gasteiger partial charge in [0.15, 0.2) is 0 Å². The molecule has 3 nitrogen and oxygen atoms in total.